The molecule has 0 aromatic rings. The number of hydrogen-bond acceptors (Lipinski definition) is 12. The Hall–Kier alpha value is -1.42. The fraction of sp³-hybridized carbons (Fsp3) is 0.931. The molecular formula is C29H56O13. The third kappa shape index (κ3) is 13.1. The Kier molecular flexibility index (Phi) is 22.2. The number of carbonyl (C=O) groups is 2. The largest absolute Gasteiger partial charge is 0.481 e. The van der Waals surface area contributed by atoms with Gasteiger partial charge in [0.05, 0.1) is 13.2 Å². The highest BCUT2D eigenvalue weighted by Gasteiger charge is 2.63. The first-order valence-electron chi connectivity index (χ1n) is 15.1. The number of carboxylic acid groups (broad SMARTS) is 1. The fourth-order valence-electron chi connectivity index (χ4n) is 4.39. The van der Waals surface area contributed by atoms with E-state index in [9.17, 15) is 9.59 Å². The van der Waals surface area contributed by atoms with Crippen molar-refractivity contribution in [3.05, 3.63) is 0 Å². The van der Waals surface area contributed by atoms with Gasteiger partial charge in [0.2, 0.25) is 0 Å². The van der Waals surface area contributed by atoms with Gasteiger partial charge in [-0.05, 0) is 54.4 Å². The van der Waals surface area contributed by atoms with Crippen molar-refractivity contribution < 1.29 is 62.1 Å². The lowest BCUT2D eigenvalue weighted by Crippen LogP contribution is -2.64. The molecule has 0 heterocycles. The van der Waals surface area contributed by atoms with Crippen molar-refractivity contribution in [1.82, 2.24) is 0 Å². The van der Waals surface area contributed by atoms with E-state index >= 15 is 0 Å². The summed E-state index contributed by atoms with van der Waals surface area (Å²) < 4.78 is 58.8. The van der Waals surface area contributed by atoms with Crippen molar-refractivity contribution in [3.8, 4) is 0 Å². The average Bonchev–Trinajstić information content (AvgIpc) is 2.94. The maximum absolute atomic E-state index is 13.0. The smallest absolute Gasteiger partial charge is 0.416 e. The van der Waals surface area contributed by atoms with E-state index in [1.807, 2.05) is 20.8 Å². The highest BCUT2D eigenvalue weighted by molar-refractivity contribution is 5.69. The summed E-state index contributed by atoms with van der Waals surface area (Å²) in [5.74, 6) is -7.14. The number of rotatable bonds is 29. The summed E-state index contributed by atoms with van der Waals surface area (Å²) in [6.07, 6.45) is 3.17. The molecule has 0 spiro atoms. The zero-order chi connectivity index (χ0) is 31.9. The SMILES string of the molecule is CCOC(OCC)(OCC)C(CCOC(OCC)(OCC)C(OC)(OCC)OC(=O)CCCCCCCC(=O)O)OC. The Bertz CT molecular complexity index is 682. The summed E-state index contributed by atoms with van der Waals surface area (Å²) in [5, 5.41) is 8.76. The van der Waals surface area contributed by atoms with Gasteiger partial charge in [-0.25, -0.2) is 0 Å². The van der Waals surface area contributed by atoms with Crippen LogP contribution in [-0.4, -0.2) is 102 Å². The lowest BCUT2D eigenvalue weighted by Gasteiger charge is -2.44. The van der Waals surface area contributed by atoms with E-state index in [1.165, 1.54) is 14.2 Å². The van der Waals surface area contributed by atoms with Gasteiger partial charge in [0, 0.05) is 66.5 Å². The van der Waals surface area contributed by atoms with Crippen molar-refractivity contribution in [2.24, 2.45) is 0 Å². The number of esters is 1. The van der Waals surface area contributed by atoms with Crippen LogP contribution in [0.5, 0.6) is 0 Å². The molecule has 0 amide bonds. The standard InChI is InChI=1S/C29H56O13/c1-9-35-27(36-10-2,37-11-3)24(33-7)22-23-41-29(39-13-5,40-14-6)28(34-8,38-12-4)42-26(32)21-19-17-15-16-18-20-25(30)31/h24H,9-23H2,1-8H3,(H,30,31). The Morgan fingerprint density at radius 3 is 1.50 bits per heavy atom. The summed E-state index contributed by atoms with van der Waals surface area (Å²) in [7, 11) is 2.83. The van der Waals surface area contributed by atoms with Crippen LogP contribution in [0.25, 0.3) is 0 Å². The molecule has 2 unspecified atom stereocenters. The maximum atomic E-state index is 13.0. The van der Waals surface area contributed by atoms with Gasteiger partial charge in [-0.1, -0.05) is 19.3 Å². The van der Waals surface area contributed by atoms with Crippen LogP contribution in [0.4, 0.5) is 0 Å². The minimum absolute atomic E-state index is 0.0421. The molecule has 0 aliphatic rings. The van der Waals surface area contributed by atoms with Gasteiger partial charge in [0.25, 0.3) is 0 Å². The summed E-state index contributed by atoms with van der Waals surface area (Å²) in [6.45, 7) is 11.9. The van der Waals surface area contributed by atoms with Gasteiger partial charge in [0.15, 0.2) is 0 Å². The van der Waals surface area contributed by atoms with Crippen LogP contribution in [0.3, 0.4) is 0 Å². The molecule has 0 rings (SSSR count). The van der Waals surface area contributed by atoms with Gasteiger partial charge in [-0.3, -0.25) is 9.59 Å². The van der Waals surface area contributed by atoms with Crippen molar-refractivity contribution in [1.29, 1.82) is 0 Å². The molecule has 42 heavy (non-hydrogen) atoms. The van der Waals surface area contributed by atoms with E-state index in [-0.39, 0.29) is 45.7 Å². The van der Waals surface area contributed by atoms with Gasteiger partial charge >= 0.3 is 29.9 Å². The fourth-order valence-corrected chi connectivity index (χ4v) is 4.39. The monoisotopic (exact) mass is 612 g/mol. The number of hydrogen-bond donors (Lipinski definition) is 1. The van der Waals surface area contributed by atoms with E-state index in [0.717, 1.165) is 19.3 Å². The second-order valence-electron chi connectivity index (χ2n) is 9.02. The van der Waals surface area contributed by atoms with E-state index in [0.29, 0.717) is 32.7 Å². The highest BCUT2D eigenvalue weighted by atomic mass is 17.0. The van der Waals surface area contributed by atoms with Crippen molar-refractivity contribution in [2.45, 2.75) is 117 Å². The van der Waals surface area contributed by atoms with Crippen LogP contribution in [0.1, 0.15) is 92.9 Å². The first-order valence-corrected chi connectivity index (χ1v) is 15.1. The molecule has 0 bridgehead atoms. The average molecular weight is 613 g/mol. The number of unbranched alkanes of at least 4 members (excludes halogenated alkanes) is 4. The van der Waals surface area contributed by atoms with Crippen LogP contribution < -0.4 is 0 Å². The van der Waals surface area contributed by atoms with Crippen molar-refractivity contribution in [2.75, 3.05) is 60.5 Å². The van der Waals surface area contributed by atoms with Gasteiger partial charge in [-0.2, -0.15) is 0 Å². The first kappa shape index (κ1) is 40.6. The summed E-state index contributed by atoms with van der Waals surface area (Å²) >= 11 is 0. The molecule has 13 heteroatoms. The zero-order valence-electron chi connectivity index (χ0n) is 27.0. The molecule has 0 aromatic heterocycles. The predicted molar refractivity (Wildman–Crippen MR) is 152 cm³/mol. The molecule has 0 radical (unpaired) electrons. The van der Waals surface area contributed by atoms with Crippen LogP contribution in [0.2, 0.25) is 0 Å². The molecule has 13 nitrogen and oxygen atoms in total. The second-order valence-corrected chi connectivity index (χ2v) is 9.02. The number of carbonyl (C=O) groups excluding carboxylic acids is 1. The van der Waals surface area contributed by atoms with E-state index in [4.69, 9.17) is 52.5 Å². The van der Waals surface area contributed by atoms with Crippen LogP contribution in [0.15, 0.2) is 0 Å². The number of carboxylic acids is 1. The molecule has 0 fully saturated rings. The summed E-state index contributed by atoms with van der Waals surface area (Å²) in [4.78, 5) is 23.7. The topological polar surface area (TPSA) is 147 Å². The minimum Gasteiger partial charge on any atom is -0.481 e. The number of ether oxygens (including phenoxy) is 10. The van der Waals surface area contributed by atoms with Gasteiger partial charge < -0.3 is 52.5 Å². The Labute approximate surface area is 251 Å². The Balaban J connectivity index is 5.84. The lowest BCUT2D eigenvalue weighted by molar-refractivity contribution is -0.547. The highest BCUT2D eigenvalue weighted by Crippen LogP contribution is 2.37. The molecule has 250 valence electrons. The quantitative estimate of drug-likeness (QED) is 0.0714. The normalized spacial score (nSPS) is 14.5. The van der Waals surface area contributed by atoms with Crippen molar-refractivity contribution in [3.63, 3.8) is 0 Å². The molecule has 0 aliphatic heterocycles. The third-order valence-electron chi connectivity index (χ3n) is 6.05. The van der Waals surface area contributed by atoms with E-state index in [1.54, 1.807) is 20.8 Å². The van der Waals surface area contributed by atoms with Crippen LogP contribution in [0, 0.1) is 0 Å². The Morgan fingerprint density at radius 2 is 1.07 bits per heavy atom. The van der Waals surface area contributed by atoms with Gasteiger partial charge in [0.1, 0.15) is 6.10 Å². The summed E-state index contributed by atoms with van der Waals surface area (Å²) in [6, 6.07) is 0. The first-order chi connectivity index (χ1) is 20.2. The predicted octanol–water partition coefficient (Wildman–Crippen LogP) is 4.59. The number of aliphatic carboxylic acids is 1. The molecule has 0 aromatic carbocycles. The molecule has 0 aliphatic carbocycles. The Morgan fingerprint density at radius 1 is 0.619 bits per heavy atom. The van der Waals surface area contributed by atoms with E-state index in [2.05, 4.69) is 0 Å². The van der Waals surface area contributed by atoms with Crippen LogP contribution >= 0.6 is 0 Å². The third-order valence-corrected chi connectivity index (χ3v) is 6.05. The number of methoxy groups -OCH3 is 2. The lowest BCUT2D eigenvalue weighted by atomic mass is 10.1. The minimum atomic E-state index is -2.19. The molecule has 0 saturated heterocycles. The molecule has 2 atom stereocenters. The zero-order valence-corrected chi connectivity index (χ0v) is 27.0. The van der Waals surface area contributed by atoms with Crippen molar-refractivity contribution >= 4 is 11.9 Å². The molecule has 0 saturated carbocycles. The molecule has 1 N–H and O–H groups in total. The maximum Gasteiger partial charge on any atom is 0.416 e. The van der Waals surface area contributed by atoms with Gasteiger partial charge in [-0.15, -0.1) is 0 Å². The summed E-state index contributed by atoms with van der Waals surface area (Å²) in [5.41, 5.74) is 0. The molecular weight excluding hydrogens is 556 g/mol. The van der Waals surface area contributed by atoms with Crippen LogP contribution in [-0.2, 0) is 57.0 Å². The second kappa shape index (κ2) is 23.0. The van der Waals surface area contributed by atoms with E-state index < -0.39 is 36.0 Å².